The van der Waals surface area contributed by atoms with E-state index < -0.39 is 0 Å². The number of nitrogens with one attached hydrogen (secondary N) is 1. The summed E-state index contributed by atoms with van der Waals surface area (Å²) < 4.78 is 1.10. The number of likely N-dealkylation sites (N-methyl/N-ethyl adjacent to an activating group) is 1. The highest BCUT2D eigenvalue weighted by Gasteiger charge is 2.18. The normalized spacial score (nSPS) is 17.3. The summed E-state index contributed by atoms with van der Waals surface area (Å²) in [6, 6.07) is 0. The van der Waals surface area contributed by atoms with Gasteiger partial charge in [0.15, 0.2) is 0 Å². The molecule has 5 nitrogen and oxygen atoms in total. The summed E-state index contributed by atoms with van der Waals surface area (Å²) in [5.41, 5.74) is 1.04. The number of hydrogen-bond acceptors (Lipinski definition) is 5. The fourth-order valence-electron chi connectivity index (χ4n) is 1.86. The lowest BCUT2D eigenvalue weighted by atomic mass is 10.3. The molecule has 0 amide bonds. The first-order chi connectivity index (χ1) is 8.11. The molecular weight excluding hydrogens is 329 g/mol. The van der Waals surface area contributed by atoms with E-state index >= 15 is 0 Å². The van der Waals surface area contributed by atoms with E-state index in [2.05, 4.69) is 54.7 Å². The van der Waals surface area contributed by atoms with Crippen molar-refractivity contribution < 1.29 is 0 Å². The van der Waals surface area contributed by atoms with Crippen LogP contribution in [0.3, 0.4) is 0 Å². The third-order valence-electron chi connectivity index (χ3n) is 3.03. The summed E-state index contributed by atoms with van der Waals surface area (Å²) in [5, 5.41) is 3.13. The van der Waals surface area contributed by atoms with Gasteiger partial charge in [-0.25, -0.2) is 4.98 Å². The molecule has 1 saturated heterocycles. The van der Waals surface area contributed by atoms with E-state index in [0.29, 0.717) is 0 Å². The van der Waals surface area contributed by atoms with Gasteiger partial charge in [-0.05, 0) is 36.6 Å². The molecule has 1 fully saturated rings. The van der Waals surface area contributed by atoms with Gasteiger partial charge in [-0.2, -0.15) is 4.98 Å². The summed E-state index contributed by atoms with van der Waals surface area (Å²) in [6.07, 6.45) is 0. The molecule has 2 rings (SSSR count). The first-order valence-electron chi connectivity index (χ1n) is 5.77. The molecule has 0 spiro atoms. The van der Waals surface area contributed by atoms with E-state index in [0.717, 1.165) is 47.2 Å². The third kappa shape index (κ3) is 2.79. The molecule has 0 bridgehead atoms. The smallest absolute Gasteiger partial charge is 0.227 e. The van der Waals surface area contributed by atoms with Crippen LogP contribution in [0.4, 0.5) is 11.8 Å². The van der Waals surface area contributed by atoms with Crippen LogP contribution in [0.25, 0.3) is 0 Å². The molecule has 0 atom stereocenters. The zero-order valence-electron chi connectivity index (χ0n) is 10.5. The molecule has 0 radical (unpaired) electrons. The Labute approximate surface area is 116 Å². The number of piperazine rings is 1. The van der Waals surface area contributed by atoms with Crippen molar-refractivity contribution in [3.63, 3.8) is 0 Å². The second-order valence-electron chi connectivity index (χ2n) is 4.31. The van der Waals surface area contributed by atoms with Gasteiger partial charge in [0.1, 0.15) is 5.82 Å². The number of rotatable bonds is 2. The quantitative estimate of drug-likeness (QED) is 0.815. The molecule has 1 aromatic heterocycles. The van der Waals surface area contributed by atoms with Crippen molar-refractivity contribution >= 4 is 34.4 Å². The van der Waals surface area contributed by atoms with E-state index in [9.17, 15) is 0 Å². The van der Waals surface area contributed by atoms with Crippen molar-refractivity contribution in [3.8, 4) is 0 Å². The second kappa shape index (κ2) is 5.34. The number of halogens is 1. The van der Waals surface area contributed by atoms with E-state index in [1.54, 1.807) is 0 Å². The molecule has 2 heterocycles. The summed E-state index contributed by atoms with van der Waals surface area (Å²) in [4.78, 5) is 13.7. The first-order valence-corrected chi connectivity index (χ1v) is 6.85. The van der Waals surface area contributed by atoms with Crippen LogP contribution in [-0.4, -0.2) is 55.1 Å². The Hall–Kier alpha value is -0.630. The van der Waals surface area contributed by atoms with Crippen LogP contribution in [0.5, 0.6) is 0 Å². The van der Waals surface area contributed by atoms with E-state index in [1.165, 1.54) is 0 Å². The molecule has 1 aliphatic heterocycles. The highest BCUT2D eigenvalue weighted by Crippen LogP contribution is 2.22. The largest absolute Gasteiger partial charge is 0.372 e. The van der Waals surface area contributed by atoms with E-state index in [4.69, 9.17) is 0 Å². The summed E-state index contributed by atoms with van der Waals surface area (Å²) in [5.74, 6) is 1.77. The highest BCUT2D eigenvalue weighted by atomic mass is 127. The molecule has 0 saturated carbocycles. The fraction of sp³-hybridized carbons (Fsp3) is 0.636. The zero-order valence-corrected chi connectivity index (χ0v) is 12.7. The molecule has 6 heteroatoms. The summed E-state index contributed by atoms with van der Waals surface area (Å²) in [7, 11) is 4.05. The van der Waals surface area contributed by atoms with Crippen LogP contribution in [0, 0.1) is 10.5 Å². The topological polar surface area (TPSA) is 44.3 Å². The Morgan fingerprint density at radius 2 is 1.82 bits per heavy atom. The average Bonchev–Trinajstić information content (AvgIpc) is 2.33. The molecule has 0 unspecified atom stereocenters. The molecule has 0 aromatic carbocycles. The minimum absolute atomic E-state index is 0.848. The van der Waals surface area contributed by atoms with Crippen LogP contribution in [-0.2, 0) is 0 Å². The Balaban J connectivity index is 2.24. The van der Waals surface area contributed by atoms with Crippen molar-refractivity contribution in [3.05, 3.63) is 9.26 Å². The zero-order chi connectivity index (χ0) is 12.4. The molecule has 1 aromatic rings. The maximum absolute atomic E-state index is 4.58. The molecule has 1 aliphatic rings. The maximum Gasteiger partial charge on any atom is 0.227 e. The molecule has 1 N–H and O–H groups in total. The van der Waals surface area contributed by atoms with Crippen molar-refractivity contribution in [1.29, 1.82) is 0 Å². The Kier molecular flexibility index (Phi) is 4.03. The van der Waals surface area contributed by atoms with E-state index in [-0.39, 0.29) is 0 Å². The van der Waals surface area contributed by atoms with Gasteiger partial charge >= 0.3 is 0 Å². The predicted octanol–water partition coefficient (Wildman–Crippen LogP) is 1.18. The number of nitrogens with zero attached hydrogens (tertiary/aromatic N) is 4. The van der Waals surface area contributed by atoms with Crippen LogP contribution in [0.1, 0.15) is 5.69 Å². The number of hydrogen-bond donors (Lipinski definition) is 1. The predicted molar refractivity (Wildman–Crippen MR) is 78.7 cm³/mol. The van der Waals surface area contributed by atoms with Crippen LogP contribution in [0.15, 0.2) is 0 Å². The van der Waals surface area contributed by atoms with Gasteiger partial charge in [-0.1, -0.05) is 0 Å². The summed E-state index contributed by atoms with van der Waals surface area (Å²) >= 11 is 2.28. The van der Waals surface area contributed by atoms with Gasteiger partial charge in [-0.15, -0.1) is 0 Å². The number of anilines is 2. The Morgan fingerprint density at radius 1 is 1.18 bits per heavy atom. The van der Waals surface area contributed by atoms with Crippen LogP contribution < -0.4 is 10.2 Å². The van der Waals surface area contributed by atoms with Crippen molar-refractivity contribution in [1.82, 2.24) is 14.9 Å². The lowest BCUT2D eigenvalue weighted by Gasteiger charge is -2.32. The SMILES string of the molecule is CNc1nc(N2CCN(C)CC2)nc(C)c1I. The Morgan fingerprint density at radius 3 is 2.41 bits per heavy atom. The minimum Gasteiger partial charge on any atom is -0.372 e. The second-order valence-corrected chi connectivity index (χ2v) is 5.39. The first kappa shape index (κ1) is 12.8. The van der Waals surface area contributed by atoms with Crippen molar-refractivity contribution in [2.75, 3.05) is 50.5 Å². The highest BCUT2D eigenvalue weighted by molar-refractivity contribution is 14.1. The van der Waals surface area contributed by atoms with Gasteiger partial charge in [0.25, 0.3) is 0 Å². The number of aryl methyl sites for hydroxylation is 1. The van der Waals surface area contributed by atoms with Gasteiger partial charge in [0, 0.05) is 33.2 Å². The third-order valence-corrected chi connectivity index (χ3v) is 4.32. The molecule has 0 aliphatic carbocycles. The number of aromatic nitrogens is 2. The fourth-order valence-corrected chi connectivity index (χ4v) is 2.37. The summed E-state index contributed by atoms with van der Waals surface area (Å²) in [6.45, 7) is 6.18. The Bertz CT molecular complexity index is 401. The van der Waals surface area contributed by atoms with Crippen LogP contribution >= 0.6 is 22.6 Å². The molecule has 17 heavy (non-hydrogen) atoms. The molecule has 94 valence electrons. The minimum atomic E-state index is 0.848. The van der Waals surface area contributed by atoms with Crippen molar-refractivity contribution in [2.24, 2.45) is 0 Å². The lowest BCUT2D eigenvalue weighted by Crippen LogP contribution is -2.45. The van der Waals surface area contributed by atoms with Crippen molar-refractivity contribution in [2.45, 2.75) is 6.92 Å². The van der Waals surface area contributed by atoms with Gasteiger partial charge in [0.05, 0.1) is 9.26 Å². The van der Waals surface area contributed by atoms with Gasteiger partial charge < -0.3 is 15.1 Å². The average molecular weight is 347 g/mol. The van der Waals surface area contributed by atoms with Gasteiger partial charge in [-0.3, -0.25) is 0 Å². The lowest BCUT2D eigenvalue weighted by molar-refractivity contribution is 0.311. The van der Waals surface area contributed by atoms with E-state index in [1.807, 2.05) is 14.0 Å². The van der Waals surface area contributed by atoms with Gasteiger partial charge in [0.2, 0.25) is 5.95 Å². The maximum atomic E-state index is 4.58. The molecular formula is C11H18IN5. The standard InChI is InChI=1S/C11H18IN5/c1-8-9(12)10(13-2)15-11(14-8)17-6-4-16(3)5-7-17/h4-7H2,1-3H3,(H,13,14,15). The van der Waals surface area contributed by atoms with Crippen LogP contribution in [0.2, 0.25) is 0 Å². The monoisotopic (exact) mass is 347 g/mol.